The Labute approximate surface area is 95.1 Å². The van der Waals surface area contributed by atoms with Gasteiger partial charge in [0, 0.05) is 0 Å². The Morgan fingerprint density at radius 1 is 1.27 bits per heavy atom. The molecule has 0 heteroatoms. The second-order valence-corrected chi connectivity index (χ2v) is 5.81. The van der Waals surface area contributed by atoms with E-state index in [0.717, 1.165) is 23.7 Å². The van der Waals surface area contributed by atoms with Gasteiger partial charge in [0.25, 0.3) is 0 Å². The van der Waals surface area contributed by atoms with Crippen LogP contribution in [0, 0.1) is 23.7 Å². The highest BCUT2D eigenvalue weighted by molar-refractivity contribution is 5.24. The van der Waals surface area contributed by atoms with Crippen molar-refractivity contribution >= 4 is 0 Å². The summed E-state index contributed by atoms with van der Waals surface area (Å²) in [5.41, 5.74) is 1.55. The summed E-state index contributed by atoms with van der Waals surface area (Å²) in [5, 5.41) is 0. The Balaban J connectivity index is 1.69. The molecule has 0 N–H and O–H groups in total. The fraction of sp³-hybridized carbons (Fsp3) is 0.867. The quantitative estimate of drug-likeness (QED) is 0.525. The minimum absolute atomic E-state index is 0.957. The molecule has 0 spiro atoms. The van der Waals surface area contributed by atoms with Gasteiger partial charge in [-0.05, 0) is 42.9 Å². The van der Waals surface area contributed by atoms with Crippen molar-refractivity contribution in [2.24, 2.45) is 23.7 Å². The summed E-state index contributed by atoms with van der Waals surface area (Å²) in [4.78, 5) is 0. The molecule has 0 heterocycles. The lowest BCUT2D eigenvalue weighted by Gasteiger charge is -2.14. The predicted octanol–water partition coefficient (Wildman–Crippen LogP) is 4.81. The average molecular weight is 206 g/mol. The van der Waals surface area contributed by atoms with E-state index in [9.17, 15) is 0 Å². The predicted molar refractivity (Wildman–Crippen MR) is 66.8 cm³/mol. The van der Waals surface area contributed by atoms with Gasteiger partial charge >= 0.3 is 0 Å². The number of hydrogen-bond donors (Lipinski definition) is 0. The molecule has 0 bridgehead atoms. The third kappa shape index (κ3) is 2.86. The van der Waals surface area contributed by atoms with Crippen LogP contribution in [0.15, 0.2) is 12.2 Å². The normalized spacial score (nSPS) is 33.5. The van der Waals surface area contributed by atoms with E-state index >= 15 is 0 Å². The molecule has 2 rings (SSSR count). The molecule has 0 aromatic heterocycles. The van der Waals surface area contributed by atoms with Crippen LogP contribution in [0.3, 0.4) is 0 Å². The molecular weight excluding hydrogens is 180 g/mol. The molecule has 0 aromatic carbocycles. The van der Waals surface area contributed by atoms with Gasteiger partial charge in [-0.15, -0.1) is 0 Å². The van der Waals surface area contributed by atoms with Gasteiger partial charge in [0.1, 0.15) is 0 Å². The zero-order chi connectivity index (χ0) is 10.8. The van der Waals surface area contributed by atoms with Gasteiger partial charge in [0.05, 0.1) is 0 Å². The SMILES string of the molecule is C=C1CC1C1CC1CC(CCC)CCC. The Hall–Kier alpha value is -0.260. The molecule has 0 amide bonds. The van der Waals surface area contributed by atoms with E-state index in [1.54, 1.807) is 5.57 Å². The van der Waals surface area contributed by atoms with Crippen LogP contribution >= 0.6 is 0 Å². The standard InChI is InChI=1S/C15H26/c1-4-6-12(7-5-2)9-13-10-15(13)14-8-11(14)3/h12-15H,3-10H2,1-2H3. The molecule has 0 aromatic rings. The van der Waals surface area contributed by atoms with E-state index in [2.05, 4.69) is 20.4 Å². The fourth-order valence-electron chi connectivity index (χ4n) is 3.34. The first-order chi connectivity index (χ1) is 7.26. The Morgan fingerprint density at radius 3 is 2.33 bits per heavy atom. The van der Waals surface area contributed by atoms with E-state index in [-0.39, 0.29) is 0 Å². The Morgan fingerprint density at radius 2 is 1.87 bits per heavy atom. The van der Waals surface area contributed by atoms with E-state index in [1.807, 2.05) is 0 Å². The lowest BCUT2D eigenvalue weighted by Crippen LogP contribution is -2.02. The molecule has 2 saturated carbocycles. The summed E-state index contributed by atoms with van der Waals surface area (Å²) >= 11 is 0. The topological polar surface area (TPSA) is 0 Å². The fourth-order valence-corrected chi connectivity index (χ4v) is 3.34. The van der Waals surface area contributed by atoms with Crippen LogP contribution in [0.1, 0.15) is 58.8 Å². The molecule has 0 nitrogen and oxygen atoms in total. The van der Waals surface area contributed by atoms with Crippen molar-refractivity contribution in [1.82, 2.24) is 0 Å². The van der Waals surface area contributed by atoms with Crippen LogP contribution in [-0.2, 0) is 0 Å². The van der Waals surface area contributed by atoms with E-state index in [0.29, 0.717) is 0 Å². The summed E-state index contributed by atoms with van der Waals surface area (Å²) in [5.74, 6) is 4.13. The maximum atomic E-state index is 4.10. The first-order valence-electron chi connectivity index (χ1n) is 6.93. The number of hydrogen-bond acceptors (Lipinski definition) is 0. The first-order valence-corrected chi connectivity index (χ1v) is 6.93. The molecule has 0 saturated heterocycles. The van der Waals surface area contributed by atoms with Gasteiger partial charge in [0.15, 0.2) is 0 Å². The van der Waals surface area contributed by atoms with E-state index < -0.39 is 0 Å². The van der Waals surface area contributed by atoms with Crippen molar-refractivity contribution in [3.8, 4) is 0 Å². The third-order valence-electron chi connectivity index (χ3n) is 4.37. The monoisotopic (exact) mass is 206 g/mol. The minimum atomic E-state index is 0.957. The van der Waals surface area contributed by atoms with Gasteiger partial charge in [-0.3, -0.25) is 0 Å². The first kappa shape index (κ1) is 11.2. The highest BCUT2D eigenvalue weighted by Gasteiger charge is 2.49. The minimum Gasteiger partial charge on any atom is -0.0995 e. The molecule has 86 valence electrons. The van der Waals surface area contributed by atoms with Gasteiger partial charge in [-0.2, -0.15) is 0 Å². The van der Waals surface area contributed by atoms with Crippen LogP contribution in [0.4, 0.5) is 0 Å². The smallest absolute Gasteiger partial charge is 0.0137 e. The average Bonchev–Trinajstić information content (AvgIpc) is 3.05. The Bertz CT molecular complexity index is 222. The van der Waals surface area contributed by atoms with Crippen LogP contribution in [0.2, 0.25) is 0 Å². The maximum Gasteiger partial charge on any atom is -0.0137 e. The van der Waals surface area contributed by atoms with Gasteiger partial charge in [0.2, 0.25) is 0 Å². The van der Waals surface area contributed by atoms with Gasteiger partial charge in [-0.25, -0.2) is 0 Å². The van der Waals surface area contributed by atoms with Crippen LogP contribution in [0.25, 0.3) is 0 Å². The largest absolute Gasteiger partial charge is 0.0995 e. The van der Waals surface area contributed by atoms with Gasteiger partial charge < -0.3 is 0 Å². The second-order valence-electron chi connectivity index (χ2n) is 5.81. The lowest BCUT2D eigenvalue weighted by molar-refractivity contribution is 0.377. The molecule has 2 fully saturated rings. The highest BCUT2D eigenvalue weighted by Crippen LogP contribution is 2.59. The highest BCUT2D eigenvalue weighted by atomic mass is 14.5. The third-order valence-corrected chi connectivity index (χ3v) is 4.37. The summed E-state index contributed by atoms with van der Waals surface area (Å²) in [6.45, 7) is 8.75. The van der Waals surface area contributed by atoms with Crippen LogP contribution in [-0.4, -0.2) is 0 Å². The van der Waals surface area contributed by atoms with Crippen LogP contribution < -0.4 is 0 Å². The van der Waals surface area contributed by atoms with E-state index in [4.69, 9.17) is 0 Å². The van der Waals surface area contributed by atoms with Crippen LogP contribution in [0.5, 0.6) is 0 Å². The van der Waals surface area contributed by atoms with E-state index in [1.165, 1.54) is 44.9 Å². The summed E-state index contributed by atoms with van der Waals surface area (Å²) in [6, 6.07) is 0. The molecule has 2 aliphatic carbocycles. The molecule has 3 unspecified atom stereocenters. The molecule has 0 aliphatic heterocycles. The van der Waals surface area contributed by atoms with Crippen molar-refractivity contribution in [1.29, 1.82) is 0 Å². The van der Waals surface area contributed by atoms with Crippen molar-refractivity contribution in [3.63, 3.8) is 0 Å². The van der Waals surface area contributed by atoms with Crippen molar-refractivity contribution in [2.75, 3.05) is 0 Å². The lowest BCUT2D eigenvalue weighted by atomic mass is 9.91. The second kappa shape index (κ2) is 4.72. The Kier molecular flexibility index (Phi) is 3.53. The summed E-state index contributed by atoms with van der Waals surface area (Å²) < 4.78 is 0. The maximum absolute atomic E-state index is 4.10. The van der Waals surface area contributed by atoms with Gasteiger partial charge in [-0.1, -0.05) is 51.7 Å². The molecule has 2 aliphatic rings. The number of allylic oxidation sites excluding steroid dienone is 1. The zero-order valence-electron chi connectivity index (χ0n) is 10.5. The molecule has 0 radical (unpaired) electrons. The van der Waals surface area contributed by atoms with Crippen molar-refractivity contribution in [3.05, 3.63) is 12.2 Å². The summed E-state index contributed by atoms with van der Waals surface area (Å²) in [7, 11) is 0. The zero-order valence-corrected chi connectivity index (χ0v) is 10.5. The molecule has 3 atom stereocenters. The van der Waals surface area contributed by atoms with Crippen molar-refractivity contribution in [2.45, 2.75) is 58.8 Å². The number of rotatable bonds is 7. The summed E-state index contributed by atoms with van der Waals surface area (Å²) in [6.07, 6.45) is 10.1. The molecule has 15 heavy (non-hydrogen) atoms. The molecular formula is C15H26. The van der Waals surface area contributed by atoms with Crippen molar-refractivity contribution < 1.29 is 0 Å².